The average Bonchev–Trinajstić information content (AvgIpc) is 2.58. The van der Waals surface area contributed by atoms with Gasteiger partial charge in [-0.25, -0.2) is 0 Å². The second kappa shape index (κ2) is 8.99. The number of benzene rings is 2. The first kappa shape index (κ1) is 18.7. The number of aryl methyl sites for hydroxylation is 2. The van der Waals surface area contributed by atoms with Crippen molar-refractivity contribution in [1.82, 2.24) is 5.32 Å². The second-order valence-electron chi connectivity index (χ2n) is 5.55. The zero-order valence-electron chi connectivity index (χ0n) is 14.6. The summed E-state index contributed by atoms with van der Waals surface area (Å²) in [6.07, 6.45) is 3.18. The quantitative estimate of drug-likeness (QED) is 0.623. The molecule has 0 fully saturated rings. The van der Waals surface area contributed by atoms with Gasteiger partial charge in [0.25, 0.3) is 0 Å². The Hall–Kier alpha value is -2.66. The van der Waals surface area contributed by atoms with E-state index in [4.69, 9.17) is 17.0 Å². The molecule has 130 valence electrons. The van der Waals surface area contributed by atoms with E-state index in [0.29, 0.717) is 6.61 Å². The van der Waals surface area contributed by atoms with Crippen LogP contribution in [0.15, 0.2) is 48.5 Å². The number of hydrogen-bond donors (Lipinski definition) is 2. The number of carbonyl (C=O) groups is 1. The van der Waals surface area contributed by atoms with Crippen molar-refractivity contribution in [1.29, 1.82) is 0 Å². The highest BCUT2D eigenvalue weighted by Gasteiger charge is 2.06. The molecule has 4 nitrogen and oxygen atoms in total. The van der Waals surface area contributed by atoms with Crippen LogP contribution in [0.25, 0.3) is 6.08 Å². The lowest BCUT2D eigenvalue weighted by molar-refractivity contribution is -0.115. The molecule has 0 radical (unpaired) electrons. The molecule has 0 saturated carbocycles. The third kappa shape index (κ3) is 5.72. The SMILES string of the molecule is CCOc1ccc(/C=C/C(=O)NC(=S)Nc2c(C)cccc2C)cc1. The molecule has 0 aliphatic rings. The van der Waals surface area contributed by atoms with Gasteiger partial charge < -0.3 is 10.1 Å². The van der Waals surface area contributed by atoms with Gasteiger partial charge in [0.15, 0.2) is 5.11 Å². The molecule has 0 bridgehead atoms. The van der Waals surface area contributed by atoms with Gasteiger partial charge in [-0.3, -0.25) is 10.1 Å². The molecular formula is C20H22N2O2S. The Bertz CT molecular complexity index is 763. The van der Waals surface area contributed by atoms with Crippen LogP contribution in [0.5, 0.6) is 5.75 Å². The highest BCUT2D eigenvalue weighted by Crippen LogP contribution is 2.19. The van der Waals surface area contributed by atoms with Crippen LogP contribution in [0.3, 0.4) is 0 Å². The van der Waals surface area contributed by atoms with E-state index in [2.05, 4.69) is 10.6 Å². The normalized spacial score (nSPS) is 10.5. The van der Waals surface area contributed by atoms with Crippen LogP contribution in [0, 0.1) is 13.8 Å². The van der Waals surface area contributed by atoms with Gasteiger partial charge in [-0.1, -0.05) is 30.3 Å². The molecule has 0 spiro atoms. The predicted molar refractivity (Wildman–Crippen MR) is 107 cm³/mol. The lowest BCUT2D eigenvalue weighted by atomic mass is 10.1. The number of rotatable bonds is 5. The molecule has 0 unspecified atom stereocenters. The summed E-state index contributed by atoms with van der Waals surface area (Å²) >= 11 is 5.22. The fourth-order valence-corrected chi connectivity index (χ4v) is 2.53. The number of ether oxygens (including phenoxy) is 1. The van der Waals surface area contributed by atoms with Crippen molar-refractivity contribution in [2.75, 3.05) is 11.9 Å². The molecule has 0 saturated heterocycles. The lowest BCUT2D eigenvalue weighted by Crippen LogP contribution is -2.33. The maximum absolute atomic E-state index is 12.0. The first-order chi connectivity index (χ1) is 12.0. The van der Waals surface area contributed by atoms with E-state index in [1.165, 1.54) is 6.08 Å². The highest BCUT2D eigenvalue weighted by molar-refractivity contribution is 7.80. The molecular weight excluding hydrogens is 332 g/mol. The monoisotopic (exact) mass is 354 g/mol. The molecule has 0 aliphatic carbocycles. The molecule has 0 aliphatic heterocycles. The first-order valence-electron chi connectivity index (χ1n) is 8.08. The van der Waals surface area contributed by atoms with Crippen molar-refractivity contribution in [3.05, 3.63) is 65.2 Å². The van der Waals surface area contributed by atoms with Crippen LogP contribution >= 0.6 is 12.2 Å². The largest absolute Gasteiger partial charge is 0.494 e. The van der Waals surface area contributed by atoms with Gasteiger partial charge in [-0.15, -0.1) is 0 Å². The van der Waals surface area contributed by atoms with Crippen molar-refractivity contribution >= 4 is 35.0 Å². The van der Waals surface area contributed by atoms with Gasteiger partial charge >= 0.3 is 0 Å². The number of hydrogen-bond acceptors (Lipinski definition) is 3. The van der Waals surface area contributed by atoms with Crippen molar-refractivity contribution < 1.29 is 9.53 Å². The van der Waals surface area contributed by atoms with E-state index in [1.807, 2.05) is 63.2 Å². The number of para-hydroxylation sites is 1. The van der Waals surface area contributed by atoms with Crippen LogP contribution in [0.4, 0.5) is 5.69 Å². The fraction of sp³-hybridized carbons (Fsp3) is 0.200. The smallest absolute Gasteiger partial charge is 0.250 e. The van der Waals surface area contributed by atoms with Crippen molar-refractivity contribution in [2.45, 2.75) is 20.8 Å². The molecule has 5 heteroatoms. The molecule has 2 rings (SSSR count). The average molecular weight is 354 g/mol. The predicted octanol–water partition coefficient (Wildman–Crippen LogP) is 4.23. The zero-order chi connectivity index (χ0) is 18.2. The maximum atomic E-state index is 12.0. The van der Waals surface area contributed by atoms with Crippen molar-refractivity contribution in [3.8, 4) is 5.75 Å². The molecule has 1 amide bonds. The van der Waals surface area contributed by atoms with Gasteiger partial charge in [-0.05, 0) is 67.9 Å². The van der Waals surface area contributed by atoms with Gasteiger partial charge in [0.1, 0.15) is 5.75 Å². The molecule has 0 aromatic heterocycles. The minimum absolute atomic E-state index is 0.277. The number of carbonyl (C=O) groups excluding carboxylic acids is 1. The van der Waals surface area contributed by atoms with Gasteiger partial charge in [0.05, 0.1) is 6.61 Å². The van der Waals surface area contributed by atoms with Crippen LogP contribution in [-0.4, -0.2) is 17.6 Å². The number of nitrogens with one attached hydrogen (secondary N) is 2. The second-order valence-corrected chi connectivity index (χ2v) is 5.95. The first-order valence-corrected chi connectivity index (χ1v) is 8.49. The topological polar surface area (TPSA) is 50.4 Å². The van der Waals surface area contributed by atoms with Crippen LogP contribution in [0.1, 0.15) is 23.6 Å². The Morgan fingerprint density at radius 1 is 1.12 bits per heavy atom. The molecule has 25 heavy (non-hydrogen) atoms. The summed E-state index contributed by atoms with van der Waals surface area (Å²) in [6, 6.07) is 13.5. The van der Waals surface area contributed by atoms with Crippen molar-refractivity contribution in [3.63, 3.8) is 0 Å². The van der Waals surface area contributed by atoms with E-state index >= 15 is 0 Å². The highest BCUT2D eigenvalue weighted by atomic mass is 32.1. The molecule has 0 heterocycles. The standard InChI is InChI=1S/C20H22N2O2S/c1-4-24-17-11-8-16(9-12-17)10-13-18(23)21-20(25)22-19-14(2)6-5-7-15(19)3/h5-13H,4H2,1-3H3,(H2,21,22,23,25)/b13-10+. The minimum atomic E-state index is -0.280. The lowest BCUT2D eigenvalue weighted by Gasteiger charge is -2.13. The van der Waals surface area contributed by atoms with E-state index in [0.717, 1.165) is 28.1 Å². The summed E-state index contributed by atoms with van der Waals surface area (Å²) in [7, 11) is 0. The Balaban J connectivity index is 1.91. The van der Waals surface area contributed by atoms with E-state index in [-0.39, 0.29) is 11.0 Å². The third-order valence-corrected chi connectivity index (χ3v) is 3.78. The third-order valence-electron chi connectivity index (χ3n) is 3.57. The van der Waals surface area contributed by atoms with Crippen LogP contribution < -0.4 is 15.4 Å². The summed E-state index contributed by atoms with van der Waals surface area (Å²) in [6.45, 7) is 6.55. The maximum Gasteiger partial charge on any atom is 0.250 e. The Morgan fingerprint density at radius 3 is 2.36 bits per heavy atom. The number of amides is 1. The van der Waals surface area contributed by atoms with E-state index < -0.39 is 0 Å². The molecule has 2 N–H and O–H groups in total. The van der Waals surface area contributed by atoms with Crippen LogP contribution in [-0.2, 0) is 4.79 Å². The molecule has 0 atom stereocenters. The van der Waals surface area contributed by atoms with Gasteiger partial charge in [0.2, 0.25) is 5.91 Å². The molecule has 2 aromatic carbocycles. The Labute approximate surface area is 153 Å². The van der Waals surface area contributed by atoms with Crippen molar-refractivity contribution in [2.24, 2.45) is 0 Å². The Morgan fingerprint density at radius 2 is 1.76 bits per heavy atom. The fourth-order valence-electron chi connectivity index (χ4n) is 2.32. The van der Waals surface area contributed by atoms with E-state index in [9.17, 15) is 4.79 Å². The molecule has 2 aromatic rings. The summed E-state index contributed by atoms with van der Waals surface area (Å²) in [5, 5.41) is 6.01. The number of anilines is 1. The summed E-state index contributed by atoms with van der Waals surface area (Å²) in [4.78, 5) is 12.0. The van der Waals surface area contributed by atoms with Gasteiger partial charge in [-0.2, -0.15) is 0 Å². The van der Waals surface area contributed by atoms with E-state index in [1.54, 1.807) is 6.08 Å². The number of thiocarbonyl (C=S) groups is 1. The summed E-state index contributed by atoms with van der Waals surface area (Å²) in [5.74, 6) is 0.528. The minimum Gasteiger partial charge on any atom is -0.494 e. The van der Waals surface area contributed by atoms with Gasteiger partial charge in [0, 0.05) is 11.8 Å². The summed E-state index contributed by atoms with van der Waals surface area (Å²) in [5.41, 5.74) is 3.97. The zero-order valence-corrected chi connectivity index (χ0v) is 15.4. The Kier molecular flexibility index (Phi) is 6.71. The summed E-state index contributed by atoms with van der Waals surface area (Å²) < 4.78 is 5.39. The van der Waals surface area contributed by atoms with Crippen LogP contribution in [0.2, 0.25) is 0 Å².